The van der Waals surface area contributed by atoms with Crippen LogP contribution in [0.2, 0.25) is 0 Å². The van der Waals surface area contributed by atoms with Crippen molar-refractivity contribution in [2.45, 2.75) is 59.5 Å². The zero-order valence-electron chi connectivity index (χ0n) is 26.3. The third-order valence-electron chi connectivity index (χ3n) is 7.85. The predicted octanol–water partition coefficient (Wildman–Crippen LogP) is 6.54. The van der Waals surface area contributed by atoms with Crippen molar-refractivity contribution in [3.8, 4) is 0 Å². The minimum absolute atomic E-state index is 0.0488. The number of aryl methyl sites for hydroxylation is 1. The van der Waals surface area contributed by atoms with Crippen LogP contribution < -0.4 is 5.73 Å². The molecule has 0 radical (unpaired) electrons. The Morgan fingerprint density at radius 3 is 1.34 bits per heavy atom. The summed E-state index contributed by atoms with van der Waals surface area (Å²) in [5.74, 6) is 0. The van der Waals surface area contributed by atoms with Crippen LogP contribution in [0.1, 0.15) is 67.2 Å². The highest BCUT2D eigenvalue weighted by Gasteiger charge is 2.15. The number of nitrogens with zero attached hydrogens (tertiary/aromatic N) is 6. The molecule has 7 nitrogen and oxygen atoms in total. The predicted molar refractivity (Wildman–Crippen MR) is 184 cm³/mol. The molecule has 0 saturated heterocycles. The maximum absolute atomic E-state index is 5.94. The number of benzene rings is 2. The summed E-state index contributed by atoms with van der Waals surface area (Å²) in [5.41, 5.74) is 17.2. The zero-order chi connectivity index (χ0) is 31.1. The van der Waals surface area contributed by atoms with Gasteiger partial charge in [0.25, 0.3) is 0 Å². The smallest absolute Gasteiger partial charge is 0.0845 e. The average Bonchev–Trinajstić information content (AvgIpc) is 3.04. The first kappa shape index (κ1) is 30.7. The van der Waals surface area contributed by atoms with E-state index in [0.717, 1.165) is 69.7 Å². The van der Waals surface area contributed by atoms with E-state index in [1.165, 1.54) is 11.1 Å². The molecule has 0 saturated carbocycles. The van der Waals surface area contributed by atoms with Gasteiger partial charge >= 0.3 is 0 Å². The van der Waals surface area contributed by atoms with Crippen LogP contribution in [0.5, 0.6) is 0 Å². The fourth-order valence-corrected chi connectivity index (χ4v) is 5.23. The van der Waals surface area contributed by atoms with E-state index in [9.17, 15) is 0 Å². The number of nitrogen functional groups attached to an aromatic ring is 1. The highest BCUT2D eigenvalue weighted by Crippen LogP contribution is 2.15. The second kappa shape index (κ2) is 14.1. The van der Waals surface area contributed by atoms with E-state index in [0.29, 0.717) is 13.1 Å². The summed E-state index contributed by atoms with van der Waals surface area (Å²) < 4.78 is 0. The molecule has 1 aliphatic rings. The van der Waals surface area contributed by atoms with Gasteiger partial charge in [-0.05, 0) is 95.0 Å². The Bertz CT molecular complexity index is 1580. The van der Waals surface area contributed by atoms with Gasteiger partial charge in [-0.25, -0.2) is 9.97 Å². The first-order chi connectivity index (χ1) is 21.2. The van der Waals surface area contributed by atoms with Gasteiger partial charge in [0.05, 0.1) is 70.8 Å². The van der Waals surface area contributed by atoms with Crippen LogP contribution in [0.25, 0.3) is 0 Å². The lowest BCUT2D eigenvalue weighted by molar-refractivity contribution is 0.680. The van der Waals surface area contributed by atoms with Gasteiger partial charge < -0.3 is 5.73 Å². The Balaban J connectivity index is 1.55. The van der Waals surface area contributed by atoms with Crippen molar-refractivity contribution in [1.82, 2.24) is 9.97 Å². The van der Waals surface area contributed by atoms with Gasteiger partial charge in [-0.15, -0.1) is 0 Å². The fraction of sp³-hybridized carbons (Fsp3) is 0.297. The van der Waals surface area contributed by atoms with Gasteiger partial charge in [-0.1, -0.05) is 54.1 Å². The van der Waals surface area contributed by atoms with Gasteiger partial charge in [0.1, 0.15) is 0 Å². The highest BCUT2D eigenvalue weighted by molar-refractivity contribution is 6.02. The summed E-state index contributed by atoms with van der Waals surface area (Å²) in [6.07, 6.45) is 1.51. The van der Waals surface area contributed by atoms with Crippen molar-refractivity contribution in [3.05, 3.63) is 124 Å². The first-order valence-electron chi connectivity index (χ1n) is 15.2. The third-order valence-corrected chi connectivity index (χ3v) is 7.85. The van der Waals surface area contributed by atoms with Crippen LogP contribution in [0.15, 0.2) is 105 Å². The van der Waals surface area contributed by atoms with E-state index in [-0.39, 0.29) is 12.1 Å². The molecule has 0 fully saturated rings. The quantitative estimate of drug-likeness (QED) is 0.276. The summed E-state index contributed by atoms with van der Waals surface area (Å²) >= 11 is 0. The van der Waals surface area contributed by atoms with E-state index >= 15 is 0 Å². The standard InChI is InChI=1S/C37H41N7/c1-24-12-14-29(15-13-24)20-32-22-39-25(2)34-8-7-11-37(44-34)28(5)42-33(21-30-16-18-31(38)19-17-30)23-40-26(3)35-9-6-10-36(43-35)27(4)41-32/h6-19,32-33H,20-23,38H2,1-5H3/t32-,33-/m0/s1. The second-order valence-electron chi connectivity index (χ2n) is 11.5. The topological polar surface area (TPSA) is 101 Å². The highest BCUT2D eigenvalue weighted by atomic mass is 14.9. The van der Waals surface area contributed by atoms with Crippen LogP contribution >= 0.6 is 0 Å². The average molecular weight is 584 g/mol. The molecule has 0 amide bonds. The SMILES string of the molecule is CC1=NC[C@H](Cc2ccc(N)cc2)N=C(C)c2cccc(n2)C(C)=NC[C@H](Cc2ccc(C)cc2)N=C(C)c2cccc1n2. The number of fused-ring (bicyclic) bond motifs is 4. The molecule has 2 N–H and O–H groups in total. The number of hydrogen-bond acceptors (Lipinski definition) is 7. The van der Waals surface area contributed by atoms with Gasteiger partial charge in [-0.3, -0.25) is 20.0 Å². The van der Waals surface area contributed by atoms with Crippen LogP contribution in [-0.4, -0.2) is 58.0 Å². The van der Waals surface area contributed by atoms with E-state index in [1.54, 1.807) is 0 Å². The molecule has 2 aromatic heterocycles. The zero-order valence-corrected chi connectivity index (χ0v) is 26.3. The van der Waals surface area contributed by atoms with Gasteiger partial charge in [0.2, 0.25) is 0 Å². The molecule has 0 aliphatic carbocycles. The van der Waals surface area contributed by atoms with Gasteiger partial charge in [0.15, 0.2) is 0 Å². The Morgan fingerprint density at radius 1 is 0.523 bits per heavy atom. The molecule has 7 heteroatoms. The Labute approximate surface area is 260 Å². The first-order valence-corrected chi connectivity index (χ1v) is 15.2. The van der Waals surface area contributed by atoms with Gasteiger partial charge in [0, 0.05) is 5.69 Å². The molecular formula is C37H41N7. The fourth-order valence-electron chi connectivity index (χ4n) is 5.23. The lowest BCUT2D eigenvalue weighted by Gasteiger charge is -2.15. The second-order valence-corrected chi connectivity index (χ2v) is 11.5. The van der Waals surface area contributed by atoms with E-state index in [4.69, 9.17) is 35.7 Å². The van der Waals surface area contributed by atoms with Crippen molar-refractivity contribution in [3.63, 3.8) is 0 Å². The van der Waals surface area contributed by atoms with Crippen LogP contribution in [0.4, 0.5) is 5.69 Å². The number of anilines is 1. The maximum atomic E-state index is 5.94. The van der Waals surface area contributed by atoms with Crippen molar-refractivity contribution >= 4 is 28.5 Å². The molecule has 0 unspecified atom stereocenters. The monoisotopic (exact) mass is 583 g/mol. The summed E-state index contributed by atoms with van der Waals surface area (Å²) in [7, 11) is 0. The van der Waals surface area contributed by atoms with Crippen molar-refractivity contribution < 1.29 is 0 Å². The molecule has 4 bridgehead atoms. The summed E-state index contributed by atoms with van der Waals surface area (Å²) in [6, 6.07) is 28.6. The normalized spacial score (nSPS) is 17.8. The van der Waals surface area contributed by atoms with E-state index in [2.05, 4.69) is 43.3 Å². The van der Waals surface area contributed by atoms with E-state index < -0.39 is 0 Å². The Hall–Kier alpha value is -4.78. The van der Waals surface area contributed by atoms with Crippen LogP contribution in [0.3, 0.4) is 0 Å². The minimum atomic E-state index is -0.0818. The molecule has 44 heavy (non-hydrogen) atoms. The largest absolute Gasteiger partial charge is 0.399 e. The van der Waals surface area contributed by atoms with Crippen LogP contribution in [-0.2, 0) is 12.8 Å². The molecule has 1 aliphatic heterocycles. The number of aromatic nitrogens is 2. The lowest BCUT2D eigenvalue weighted by atomic mass is 10.0. The molecule has 2 aromatic carbocycles. The Kier molecular flexibility index (Phi) is 9.85. The number of rotatable bonds is 4. The third kappa shape index (κ3) is 8.19. The number of pyridine rings is 2. The molecule has 0 spiro atoms. The Morgan fingerprint density at radius 2 is 0.909 bits per heavy atom. The molecule has 224 valence electrons. The molecule has 3 heterocycles. The minimum Gasteiger partial charge on any atom is -0.399 e. The van der Waals surface area contributed by atoms with E-state index in [1.807, 2.05) is 76.2 Å². The molecule has 5 rings (SSSR count). The molecule has 2 atom stereocenters. The summed E-state index contributed by atoms with van der Waals surface area (Å²) in [4.78, 5) is 30.2. The van der Waals surface area contributed by atoms with Crippen molar-refractivity contribution in [2.24, 2.45) is 20.0 Å². The van der Waals surface area contributed by atoms with Gasteiger partial charge in [-0.2, -0.15) is 0 Å². The lowest BCUT2D eigenvalue weighted by Crippen LogP contribution is -2.19. The van der Waals surface area contributed by atoms with Crippen molar-refractivity contribution in [2.75, 3.05) is 18.8 Å². The van der Waals surface area contributed by atoms with Crippen molar-refractivity contribution in [1.29, 1.82) is 0 Å². The van der Waals surface area contributed by atoms with Crippen LogP contribution in [0, 0.1) is 6.92 Å². The number of aliphatic imine (C=N–C) groups is 4. The number of nitrogens with two attached hydrogens (primary N) is 1. The number of hydrogen-bond donors (Lipinski definition) is 1. The molecular weight excluding hydrogens is 542 g/mol. The summed E-state index contributed by atoms with van der Waals surface area (Å²) in [5, 5.41) is 0. The summed E-state index contributed by atoms with van der Waals surface area (Å²) in [6.45, 7) is 11.2. The molecule has 4 aromatic rings. The maximum Gasteiger partial charge on any atom is 0.0845 e.